The fraction of sp³-hybridized carbons (Fsp3) is 0.118. The van der Waals surface area contributed by atoms with Gasteiger partial charge in [0, 0.05) is 24.7 Å². The van der Waals surface area contributed by atoms with Gasteiger partial charge in [0.2, 0.25) is 5.91 Å². The van der Waals surface area contributed by atoms with Crippen molar-refractivity contribution >= 4 is 35.1 Å². The molecule has 0 unspecified atom stereocenters. The molecule has 0 saturated heterocycles. The smallest absolute Gasteiger partial charge is 0.337 e. The topological polar surface area (TPSA) is 95.5 Å². The summed E-state index contributed by atoms with van der Waals surface area (Å²) in [5.41, 5.74) is 1.53. The molecule has 24 heavy (non-hydrogen) atoms. The van der Waals surface area contributed by atoms with Crippen LogP contribution in [0, 0.1) is 0 Å². The van der Waals surface area contributed by atoms with Crippen LogP contribution in [0.4, 0.5) is 5.69 Å². The first-order valence-electron chi connectivity index (χ1n) is 7.04. The van der Waals surface area contributed by atoms with E-state index in [4.69, 9.17) is 16.7 Å². The Morgan fingerprint density at radius 2 is 1.75 bits per heavy atom. The highest BCUT2D eigenvalue weighted by molar-refractivity contribution is 6.33. The normalized spacial score (nSPS) is 10.1. The van der Waals surface area contributed by atoms with Crippen molar-refractivity contribution in [2.75, 3.05) is 5.32 Å². The van der Waals surface area contributed by atoms with Gasteiger partial charge in [-0.2, -0.15) is 0 Å². The molecule has 7 heteroatoms. The Balaban J connectivity index is 2.08. The number of amides is 2. The van der Waals surface area contributed by atoms with E-state index in [-0.39, 0.29) is 22.4 Å². The Morgan fingerprint density at radius 3 is 2.33 bits per heavy atom. The molecular weight excluding hydrogens is 332 g/mol. The van der Waals surface area contributed by atoms with Crippen LogP contribution in [-0.2, 0) is 11.3 Å². The van der Waals surface area contributed by atoms with Crippen LogP contribution in [0.3, 0.4) is 0 Å². The lowest BCUT2D eigenvalue weighted by Crippen LogP contribution is -2.19. The van der Waals surface area contributed by atoms with Gasteiger partial charge in [-0.25, -0.2) is 4.79 Å². The minimum atomic E-state index is -1.17. The number of nitrogens with one attached hydrogen (secondary N) is 2. The van der Waals surface area contributed by atoms with Gasteiger partial charge in [0.25, 0.3) is 5.91 Å². The highest BCUT2D eigenvalue weighted by Crippen LogP contribution is 2.21. The molecular formula is C17H15ClN2O4. The third kappa shape index (κ3) is 4.57. The lowest BCUT2D eigenvalue weighted by atomic mass is 10.1. The second-order valence-corrected chi connectivity index (χ2v) is 5.47. The Labute approximate surface area is 143 Å². The van der Waals surface area contributed by atoms with Gasteiger partial charge in [-0.3, -0.25) is 9.59 Å². The Bertz CT molecular complexity index is 788. The highest BCUT2D eigenvalue weighted by Gasteiger charge is 2.12. The molecule has 0 bridgehead atoms. The van der Waals surface area contributed by atoms with Crippen LogP contribution in [0.15, 0.2) is 42.5 Å². The lowest BCUT2D eigenvalue weighted by Gasteiger charge is -2.08. The maximum absolute atomic E-state index is 12.2. The summed E-state index contributed by atoms with van der Waals surface area (Å²) < 4.78 is 0. The molecule has 0 heterocycles. The average molecular weight is 347 g/mol. The number of carboxylic acids is 1. The highest BCUT2D eigenvalue weighted by atomic mass is 35.5. The zero-order chi connectivity index (χ0) is 17.7. The first-order valence-corrected chi connectivity index (χ1v) is 7.42. The van der Waals surface area contributed by atoms with Crippen molar-refractivity contribution in [1.82, 2.24) is 5.32 Å². The third-order valence-electron chi connectivity index (χ3n) is 3.21. The second-order valence-electron chi connectivity index (χ2n) is 5.06. The molecule has 2 aromatic rings. The Hall–Kier alpha value is -2.86. The molecule has 0 spiro atoms. The van der Waals surface area contributed by atoms with E-state index in [1.807, 2.05) is 0 Å². The van der Waals surface area contributed by atoms with Crippen LogP contribution in [0.25, 0.3) is 0 Å². The monoisotopic (exact) mass is 346 g/mol. The largest absolute Gasteiger partial charge is 0.478 e. The van der Waals surface area contributed by atoms with E-state index >= 15 is 0 Å². The van der Waals surface area contributed by atoms with Crippen molar-refractivity contribution in [3.05, 3.63) is 64.2 Å². The molecule has 0 atom stereocenters. The third-order valence-corrected chi connectivity index (χ3v) is 3.54. The molecule has 3 N–H and O–H groups in total. The van der Waals surface area contributed by atoms with Crippen molar-refractivity contribution in [2.45, 2.75) is 13.5 Å². The van der Waals surface area contributed by atoms with Gasteiger partial charge in [-0.05, 0) is 35.9 Å². The minimum absolute atomic E-state index is 0.0832. The van der Waals surface area contributed by atoms with E-state index in [9.17, 15) is 14.4 Å². The first-order chi connectivity index (χ1) is 11.4. The van der Waals surface area contributed by atoms with Crippen LogP contribution >= 0.6 is 11.6 Å². The van der Waals surface area contributed by atoms with Crippen LogP contribution < -0.4 is 10.6 Å². The van der Waals surface area contributed by atoms with E-state index in [1.165, 1.54) is 25.1 Å². The number of rotatable bonds is 5. The maximum Gasteiger partial charge on any atom is 0.337 e. The van der Waals surface area contributed by atoms with Crippen molar-refractivity contribution in [2.24, 2.45) is 0 Å². The molecule has 0 aliphatic carbocycles. The number of carboxylic acid groups (broad SMARTS) is 1. The summed E-state index contributed by atoms with van der Waals surface area (Å²) >= 11 is 5.79. The van der Waals surface area contributed by atoms with Gasteiger partial charge in [-0.1, -0.05) is 23.7 Å². The second kappa shape index (κ2) is 7.61. The maximum atomic E-state index is 12.2. The van der Waals surface area contributed by atoms with Gasteiger partial charge in [-0.15, -0.1) is 0 Å². The van der Waals surface area contributed by atoms with Crippen LogP contribution in [0.5, 0.6) is 0 Å². The Morgan fingerprint density at radius 1 is 1.08 bits per heavy atom. The van der Waals surface area contributed by atoms with Gasteiger partial charge < -0.3 is 15.7 Å². The van der Waals surface area contributed by atoms with E-state index < -0.39 is 5.97 Å². The number of aromatic carboxylic acids is 1. The van der Waals surface area contributed by atoms with Crippen molar-refractivity contribution in [1.29, 1.82) is 0 Å². The van der Waals surface area contributed by atoms with Gasteiger partial charge in [0.15, 0.2) is 0 Å². The van der Waals surface area contributed by atoms with Crippen molar-refractivity contribution in [3.8, 4) is 0 Å². The van der Waals surface area contributed by atoms with Gasteiger partial charge in [0.05, 0.1) is 10.6 Å². The number of hydrogen-bond donors (Lipinski definition) is 3. The SMILES string of the molecule is CC(=O)NCc1ccc(C(=O)Nc2ccc(Cl)c(C(=O)O)c2)cc1. The van der Waals surface area contributed by atoms with E-state index in [0.29, 0.717) is 17.8 Å². The predicted octanol–water partition coefficient (Wildman–Crippen LogP) is 2.93. The fourth-order valence-corrected chi connectivity index (χ4v) is 2.17. The molecule has 2 rings (SSSR count). The molecule has 0 aromatic heterocycles. The molecule has 2 amide bonds. The fourth-order valence-electron chi connectivity index (χ4n) is 1.97. The van der Waals surface area contributed by atoms with E-state index in [2.05, 4.69) is 10.6 Å². The zero-order valence-corrected chi connectivity index (χ0v) is 13.6. The van der Waals surface area contributed by atoms with Crippen molar-refractivity contribution in [3.63, 3.8) is 0 Å². The van der Waals surface area contributed by atoms with E-state index in [1.54, 1.807) is 24.3 Å². The summed E-state index contributed by atoms with van der Waals surface area (Å²) in [6.45, 7) is 1.82. The summed E-state index contributed by atoms with van der Waals surface area (Å²) in [5, 5.41) is 14.4. The molecule has 0 aliphatic rings. The van der Waals surface area contributed by atoms with Gasteiger partial charge in [0.1, 0.15) is 0 Å². The molecule has 124 valence electrons. The lowest BCUT2D eigenvalue weighted by molar-refractivity contribution is -0.119. The standard InChI is InChI=1S/C17H15ClN2O4/c1-10(21)19-9-11-2-4-12(5-3-11)16(22)20-13-6-7-15(18)14(8-13)17(23)24/h2-8H,9H2,1H3,(H,19,21)(H,20,22)(H,23,24). The summed E-state index contributed by atoms with van der Waals surface area (Å²) in [4.78, 5) is 34.1. The van der Waals surface area contributed by atoms with Crippen molar-refractivity contribution < 1.29 is 19.5 Å². The summed E-state index contributed by atoms with van der Waals surface area (Å²) in [6.07, 6.45) is 0. The molecule has 6 nitrogen and oxygen atoms in total. The summed E-state index contributed by atoms with van der Waals surface area (Å²) in [5.74, 6) is -1.67. The predicted molar refractivity (Wildman–Crippen MR) is 90.3 cm³/mol. The molecule has 0 fully saturated rings. The van der Waals surface area contributed by atoms with E-state index in [0.717, 1.165) is 5.56 Å². The summed E-state index contributed by atoms with van der Waals surface area (Å²) in [6, 6.07) is 11.0. The number of halogens is 1. The molecule has 0 radical (unpaired) electrons. The molecule has 0 aliphatic heterocycles. The zero-order valence-electron chi connectivity index (χ0n) is 12.8. The number of carbonyl (C=O) groups is 3. The minimum Gasteiger partial charge on any atom is -0.478 e. The number of hydrogen-bond acceptors (Lipinski definition) is 3. The summed E-state index contributed by atoms with van der Waals surface area (Å²) in [7, 11) is 0. The number of anilines is 1. The van der Waals surface area contributed by atoms with Crippen LogP contribution in [0.1, 0.15) is 33.2 Å². The number of benzene rings is 2. The van der Waals surface area contributed by atoms with Gasteiger partial charge >= 0.3 is 5.97 Å². The first kappa shape index (κ1) is 17.5. The quantitative estimate of drug-likeness (QED) is 0.775. The average Bonchev–Trinajstić information content (AvgIpc) is 2.54. The number of carbonyl (C=O) groups excluding carboxylic acids is 2. The molecule has 0 saturated carbocycles. The Kier molecular flexibility index (Phi) is 5.55. The molecule has 2 aromatic carbocycles. The van der Waals surface area contributed by atoms with Crippen LogP contribution in [0.2, 0.25) is 5.02 Å². The van der Waals surface area contributed by atoms with Crippen LogP contribution in [-0.4, -0.2) is 22.9 Å².